The summed E-state index contributed by atoms with van der Waals surface area (Å²) in [6.07, 6.45) is 2.21. The number of hydrogen-bond acceptors (Lipinski definition) is 3. The van der Waals surface area contributed by atoms with E-state index >= 15 is 0 Å². The molecule has 1 aromatic rings. The SMILES string of the molecule is CCc1cccc(OCCCC(C)(N)C(N)=O)c1. The van der Waals surface area contributed by atoms with E-state index in [4.69, 9.17) is 16.2 Å². The lowest BCUT2D eigenvalue weighted by atomic mass is 9.97. The highest BCUT2D eigenvalue weighted by Gasteiger charge is 2.24. The molecule has 0 bridgehead atoms. The van der Waals surface area contributed by atoms with Gasteiger partial charge in [-0.3, -0.25) is 4.79 Å². The number of rotatable bonds is 7. The molecule has 0 radical (unpaired) electrons. The van der Waals surface area contributed by atoms with Gasteiger partial charge in [0.05, 0.1) is 12.1 Å². The third-order valence-electron chi connectivity index (χ3n) is 2.98. The van der Waals surface area contributed by atoms with Crippen LogP contribution in [-0.2, 0) is 11.2 Å². The fraction of sp³-hybridized carbons (Fsp3) is 0.500. The third-order valence-corrected chi connectivity index (χ3v) is 2.98. The number of ether oxygens (including phenoxy) is 1. The second-order valence-corrected chi connectivity index (χ2v) is 4.73. The molecule has 0 spiro atoms. The minimum atomic E-state index is -0.950. The van der Waals surface area contributed by atoms with Crippen molar-refractivity contribution < 1.29 is 9.53 Å². The van der Waals surface area contributed by atoms with E-state index in [-0.39, 0.29) is 0 Å². The van der Waals surface area contributed by atoms with Crippen LogP contribution in [0.2, 0.25) is 0 Å². The molecule has 1 unspecified atom stereocenters. The number of aryl methyl sites for hydroxylation is 1. The summed E-state index contributed by atoms with van der Waals surface area (Å²) >= 11 is 0. The molecule has 4 nitrogen and oxygen atoms in total. The molecule has 4 heteroatoms. The summed E-state index contributed by atoms with van der Waals surface area (Å²) in [5.74, 6) is 0.377. The average molecular weight is 250 g/mol. The lowest BCUT2D eigenvalue weighted by molar-refractivity contribution is -0.122. The van der Waals surface area contributed by atoms with E-state index in [2.05, 4.69) is 13.0 Å². The Hall–Kier alpha value is -1.55. The fourth-order valence-electron chi connectivity index (χ4n) is 1.61. The summed E-state index contributed by atoms with van der Waals surface area (Å²) in [5, 5.41) is 0. The van der Waals surface area contributed by atoms with Crippen LogP contribution < -0.4 is 16.2 Å². The summed E-state index contributed by atoms with van der Waals surface area (Å²) in [4.78, 5) is 11.0. The Morgan fingerprint density at radius 2 is 2.17 bits per heavy atom. The molecule has 1 aromatic carbocycles. The minimum Gasteiger partial charge on any atom is -0.494 e. The van der Waals surface area contributed by atoms with Crippen LogP contribution in [0.1, 0.15) is 32.3 Å². The maximum absolute atomic E-state index is 11.0. The van der Waals surface area contributed by atoms with Crippen molar-refractivity contribution in [2.24, 2.45) is 11.5 Å². The summed E-state index contributed by atoms with van der Waals surface area (Å²) < 4.78 is 5.62. The molecular weight excluding hydrogens is 228 g/mol. The Morgan fingerprint density at radius 3 is 2.78 bits per heavy atom. The number of benzene rings is 1. The van der Waals surface area contributed by atoms with Gasteiger partial charge in [-0.25, -0.2) is 0 Å². The van der Waals surface area contributed by atoms with E-state index in [1.165, 1.54) is 5.56 Å². The Labute approximate surface area is 108 Å². The molecule has 100 valence electrons. The van der Waals surface area contributed by atoms with Crippen LogP contribution in [0.5, 0.6) is 5.75 Å². The van der Waals surface area contributed by atoms with E-state index < -0.39 is 11.4 Å². The number of carbonyl (C=O) groups is 1. The first-order chi connectivity index (χ1) is 8.45. The minimum absolute atomic E-state index is 0.476. The van der Waals surface area contributed by atoms with Gasteiger partial charge in [0.2, 0.25) is 5.91 Å². The first kappa shape index (κ1) is 14.5. The largest absolute Gasteiger partial charge is 0.494 e. The summed E-state index contributed by atoms with van der Waals surface area (Å²) in [7, 11) is 0. The Kier molecular flexibility index (Phi) is 5.16. The molecule has 4 N–H and O–H groups in total. The zero-order valence-electron chi connectivity index (χ0n) is 11.1. The second kappa shape index (κ2) is 6.40. The molecule has 0 saturated heterocycles. The van der Waals surface area contributed by atoms with Crippen molar-refractivity contribution in [2.75, 3.05) is 6.61 Å². The molecule has 1 amide bonds. The van der Waals surface area contributed by atoms with Crippen molar-refractivity contribution in [3.63, 3.8) is 0 Å². The van der Waals surface area contributed by atoms with Crippen LogP contribution in [0.4, 0.5) is 0 Å². The standard InChI is InChI=1S/C14H22N2O2/c1-3-11-6-4-7-12(10-11)18-9-5-8-14(2,16)13(15)17/h4,6-7,10H,3,5,8-9,16H2,1-2H3,(H2,15,17). The van der Waals surface area contributed by atoms with Gasteiger partial charge in [0.1, 0.15) is 5.75 Å². The molecule has 1 atom stereocenters. The van der Waals surface area contributed by atoms with Gasteiger partial charge < -0.3 is 16.2 Å². The van der Waals surface area contributed by atoms with Crippen LogP contribution in [0.25, 0.3) is 0 Å². The molecule has 0 heterocycles. The van der Waals surface area contributed by atoms with Crippen molar-refractivity contribution in [3.05, 3.63) is 29.8 Å². The molecule has 0 saturated carbocycles. The van der Waals surface area contributed by atoms with Gasteiger partial charge in [0, 0.05) is 0 Å². The number of nitrogens with two attached hydrogens (primary N) is 2. The normalized spacial score (nSPS) is 13.9. The highest BCUT2D eigenvalue weighted by Crippen LogP contribution is 2.15. The molecule has 0 aromatic heterocycles. The van der Waals surface area contributed by atoms with Crippen molar-refractivity contribution in [3.8, 4) is 5.75 Å². The Balaban J connectivity index is 2.36. The molecule has 18 heavy (non-hydrogen) atoms. The van der Waals surface area contributed by atoms with Crippen LogP contribution in [0.15, 0.2) is 24.3 Å². The number of carbonyl (C=O) groups excluding carboxylic acids is 1. The van der Waals surface area contributed by atoms with Gasteiger partial charge in [0.25, 0.3) is 0 Å². The van der Waals surface area contributed by atoms with Crippen molar-refractivity contribution in [1.29, 1.82) is 0 Å². The second-order valence-electron chi connectivity index (χ2n) is 4.73. The van der Waals surface area contributed by atoms with E-state index in [1.807, 2.05) is 18.2 Å². The zero-order valence-corrected chi connectivity index (χ0v) is 11.1. The maximum Gasteiger partial charge on any atom is 0.237 e. The predicted octanol–water partition coefficient (Wildman–Crippen LogP) is 1.61. The van der Waals surface area contributed by atoms with Gasteiger partial charge in [-0.2, -0.15) is 0 Å². The molecule has 0 aliphatic heterocycles. The Bertz CT molecular complexity index is 403. The van der Waals surface area contributed by atoms with Crippen LogP contribution in [0.3, 0.4) is 0 Å². The lowest BCUT2D eigenvalue weighted by Crippen LogP contribution is -2.49. The quantitative estimate of drug-likeness (QED) is 0.722. The van der Waals surface area contributed by atoms with E-state index in [1.54, 1.807) is 6.92 Å². The monoisotopic (exact) mass is 250 g/mol. The smallest absolute Gasteiger partial charge is 0.237 e. The van der Waals surface area contributed by atoms with Gasteiger partial charge in [-0.05, 0) is 43.9 Å². The Morgan fingerprint density at radius 1 is 1.44 bits per heavy atom. The zero-order chi connectivity index (χ0) is 13.6. The van der Waals surface area contributed by atoms with Crippen molar-refractivity contribution in [2.45, 2.75) is 38.6 Å². The van der Waals surface area contributed by atoms with Crippen LogP contribution in [-0.4, -0.2) is 18.1 Å². The fourth-order valence-corrected chi connectivity index (χ4v) is 1.61. The summed E-state index contributed by atoms with van der Waals surface area (Å²) in [6, 6.07) is 7.99. The van der Waals surface area contributed by atoms with Gasteiger partial charge in [-0.15, -0.1) is 0 Å². The predicted molar refractivity (Wildman–Crippen MR) is 72.3 cm³/mol. The number of hydrogen-bond donors (Lipinski definition) is 2. The first-order valence-electron chi connectivity index (χ1n) is 6.26. The first-order valence-corrected chi connectivity index (χ1v) is 6.26. The lowest BCUT2D eigenvalue weighted by Gasteiger charge is -2.20. The van der Waals surface area contributed by atoms with Gasteiger partial charge in [-0.1, -0.05) is 19.1 Å². The van der Waals surface area contributed by atoms with Crippen LogP contribution in [0, 0.1) is 0 Å². The maximum atomic E-state index is 11.0. The van der Waals surface area contributed by atoms with Gasteiger partial charge in [0.15, 0.2) is 0 Å². The number of primary amides is 1. The molecule has 1 rings (SSSR count). The van der Waals surface area contributed by atoms with Crippen molar-refractivity contribution >= 4 is 5.91 Å². The number of amides is 1. The molecule has 0 aliphatic rings. The van der Waals surface area contributed by atoms with Crippen molar-refractivity contribution in [1.82, 2.24) is 0 Å². The highest BCUT2D eigenvalue weighted by atomic mass is 16.5. The van der Waals surface area contributed by atoms with Crippen LogP contribution >= 0.6 is 0 Å². The average Bonchev–Trinajstić information content (AvgIpc) is 2.35. The topological polar surface area (TPSA) is 78.3 Å². The third kappa shape index (κ3) is 4.37. The van der Waals surface area contributed by atoms with E-state index in [9.17, 15) is 4.79 Å². The molecule has 0 fully saturated rings. The molecule has 0 aliphatic carbocycles. The van der Waals surface area contributed by atoms with E-state index in [0.717, 1.165) is 12.2 Å². The van der Waals surface area contributed by atoms with E-state index in [0.29, 0.717) is 19.4 Å². The summed E-state index contributed by atoms with van der Waals surface area (Å²) in [5.41, 5.74) is 11.2. The highest BCUT2D eigenvalue weighted by molar-refractivity contribution is 5.83. The summed E-state index contributed by atoms with van der Waals surface area (Å²) in [6.45, 7) is 4.28. The van der Waals surface area contributed by atoms with Gasteiger partial charge >= 0.3 is 0 Å². The molecular formula is C14H22N2O2.